The number of aromatic nitrogens is 1. The van der Waals surface area contributed by atoms with E-state index in [4.69, 9.17) is 9.47 Å². The first-order valence-electron chi connectivity index (χ1n) is 7.34. The molecule has 0 saturated heterocycles. The Labute approximate surface area is 152 Å². The van der Waals surface area contributed by atoms with Crippen LogP contribution in [-0.2, 0) is 16.1 Å². The van der Waals surface area contributed by atoms with Crippen molar-refractivity contribution < 1.29 is 19.4 Å². The highest BCUT2D eigenvalue weighted by atomic mass is 32.1. The number of phenolic OH excluding ortho intramolecular Hbond substituents is 1. The van der Waals surface area contributed by atoms with E-state index in [9.17, 15) is 9.90 Å². The summed E-state index contributed by atoms with van der Waals surface area (Å²) in [4.78, 5) is 16.3. The zero-order chi connectivity index (χ0) is 17.6. The summed E-state index contributed by atoms with van der Waals surface area (Å²) in [6.07, 6.45) is 2.93. The number of nitrogens with zero attached hydrogens (tertiary/aromatic N) is 1. The van der Waals surface area contributed by atoms with Crippen molar-refractivity contribution in [2.45, 2.75) is 6.61 Å². The number of methoxy groups -OCH3 is 1. The molecule has 0 radical (unpaired) electrons. The summed E-state index contributed by atoms with van der Waals surface area (Å²) in [5.41, 5.74) is 2.52. The van der Waals surface area contributed by atoms with E-state index in [2.05, 4.69) is 4.98 Å². The topological polar surface area (TPSA) is 68.7 Å². The number of carbonyl (C=O) groups is 1. The van der Waals surface area contributed by atoms with E-state index < -0.39 is 5.97 Å². The summed E-state index contributed by atoms with van der Waals surface area (Å²) in [6, 6.07) is 6.82. The van der Waals surface area contributed by atoms with Gasteiger partial charge in [0.15, 0.2) is 11.5 Å². The van der Waals surface area contributed by atoms with Crippen molar-refractivity contribution in [2.75, 3.05) is 7.11 Å². The maximum absolute atomic E-state index is 11.8. The van der Waals surface area contributed by atoms with E-state index in [-0.39, 0.29) is 12.4 Å². The van der Waals surface area contributed by atoms with Gasteiger partial charge in [-0.15, -0.1) is 11.3 Å². The SMILES string of the molecule is COc1cc(/C=C/C(=O)OCc2csc(-c3ccsc3)n2)ccc1O. The van der Waals surface area contributed by atoms with Gasteiger partial charge in [-0.3, -0.25) is 0 Å². The standard InChI is InChI=1S/C18H15NO4S2/c1-22-16-8-12(2-4-15(16)20)3-5-17(21)23-9-14-11-25-18(19-14)13-6-7-24-10-13/h2-8,10-11,20H,9H2,1H3/b5-3+. The van der Waals surface area contributed by atoms with Crippen LogP contribution >= 0.6 is 22.7 Å². The molecular weight excluding hydrogens is 358 g/mol. The van der Waals surface area contributed by atoms with Crippen molar-refractivity contribution in [3.05, 3.63) is 57.7 Å². The Balaban J connectivity index is 1.56. The first-order valence-corrected chi connectivity index (χ1v) is 9.17. The van der Waals surface area contributed by atoms with Crippen LogP contribution in [0.2, 0.25) is 0 Å². The van der Waals surface area contributed by atoms with E-state index in [0.29, 0.717) is 5.75 Å². The molecule has 0 aliphatic heterocycles. The van der Waals surface area contributed by atoms with Gasteiger partial charge in [-0.1, -0.05) is 6.07 Å². The predicted octanol–water partition coefficient (Wildman–Crippen LogP) is 4.34. The number of benzene rings is 1. The molecule has 0 spiro atoms. The zero-order valence-electron chi connectivity index (χ0n) is 13.3. The second kappa shape index (κ2) is 7.96. The molecule has 0 fully saturated rings. The molecule has 1 N–H and O–H groups in total. The van der Waals surface area contributed by atoms with Crippen LogP contribution in [0.4, 0.5) is 0 Å². The molecule has 7 heteroatoms. The summed E-state index contributed by atoms with van der Waals surface area (Å²) in [7, 11) is 1.47. The smallest absolute Gasteiger partial charge is 0.331 e. The van der Waals surface area contributed by atoms with E-state index in [0.717, 1.165) is 21.8 Å². The second-order valence-electron chi connectivity index (χ2n) is 5.03. The number of thiazole rings is 1. The third kappa shape index (κ3) is 4.46. The number of carbonyl (C=O) groups excluding carboxylic acids is 1. The minimum atomic E-state index is -0.461. The van der Waals surface area contributed by atoms with Crippen molar-refractivity contribution >= 4 is 34.7 Å². The molecule has 0 bridgehead atoms. The quantitative estimate of drug-likeness (QED) is 0.514. The number of aromatic hydroxyl groups is 1. The van der Waals surface area contributed by atoms with Gasteiger partial charge in [0, 0.05) is 22.4 Å². The van der Waals surface area contributed by atoms with Gasteiger partial charge in [-0.2, -0.15) is 11.3 Å². The van der Waals surface area contributed by atoms with Gasteiger partial charge in [-0.25, -0.2) is 9.78 Å². The number of rotatable bonds is 6. The fourth-order valence-corrected chi connectivity index (χ4v) is 3.56. The second-order valence-corrected chi connectivity index (χ2v) is 6.67. The van der Waals surface area contributed by atoms with Crippen LogP contribution in [0.1, 0.15) is 11.3 Å². The molecular formula is C18H15NO4S2. The maximum Gasteiger partial charge on any atom is 0.331 e. The van der Waals surface area contributed by atoms with Gasteiger partial charge >= 0.3 is 5.97 Å². The first kappa shape index (κ1) is 17.2. The molecule has 3 aromatic rings. The van der Waals surface area contributed by atoms with Crippen molar-refractivity contribution in [2.24, 2.45) is 0 Å². The molecule has 0 unspecified atom stereocenters. The summed E-state index contributed by atoms with van der Waals surface area (Å²) >= 11 is 3.14. The van der Waals surface area contributed by atoms with E-state index in [1.807, 2.05) is 22.2 Å². The fraction of sp³-hybridized carbons (Fsp3) is 0.111. The lowest BCUT2D eigenvalue weighted by molar-refractivity contribution is -0.139. The minimum absolute atomic E-state index is 0.0483. The molecule has 0 aliphatic rings. The molecule has 25 heavy (non-hydrogen) atoms. The number of thiophene rings is 1. The molecule has 5 nitrogen and oxygen atoms in total. The van der Waals surface area contributed by atoms with Gasteiger partial charge in [0.25, 0.3) is 0 Å². The van der Waals surface area contributed by atoms with Crippen LogP contribution < -0.4 is 4.74 Å². The summed E-state index contributed by atoms with van der Waals surface area (Å²) in [5, 5.41) is 16.4. The Morgan fingerprint density at radius 3 is 2.96 bits per heavy atom. The molecule has 0 saturated carbocycles. The van der Waals surface area contributed by atoms with E-state index in [1.165, 1.54) is 30.6 Å². The van der Waals surface area contributed by atoms with Gasteiger partial charge in [0.2, 0.25) is 0 Å². The van der Waals surface area contributed by atoms with Crippen LogP contribution in [0.5, 0.6) is 11.5 Å². The average Bonchev–Trinajstić information content (AvgIpc) is 3.30. The first-order chi connectivity index (χ1) is 12.2. The largest absolute Gasteiger partial charge is 0.504 e. The van der Waals surface area contributed by atoms with Crippen molar-refractivity contribution in [3.63, 3.8) is 0 Å². The van der Waals surface area contributed by atoms with Gasteiger partial charge in [0.05, 0.1) is 12.8 Å². The van der Waals surface area contributed by atoms with Crippen LogP contribution in [0.15, 0.2) is 46.5 Å². The third-order valence-electron chi connectivity index (χ3n) is 3.30. The maximum atomic E-state index is 11.8. The van der Waals surface area contributed by atoms with Crippen LogP contribution in [0.3, 0.4) is 0 Å². The molecule has 0 amide bonds. The molecule has 0 atom stereocenters. The van der Waals surface area contributed by atoms with Gasteiger partial charge in [0.1, 0.15) is 11.6 Å². The number of ether oxygens (including phenoxy) is 2. The molecule has 2 heterocycles. The summed E-state index contributed by atoms with van der Waals surface area (Å²) in [5.74, 6) is -0.0664. The molecule has 3 rings (SSSR count). The van der Waals surface area contributed by atoms with Crippen molar-refractivity contribution in [1.29, 1.82) is 0 Å². The number of hydrogen-bond donors (Lipinski definition) is 1. The Hall–Kier alpha value is -2.64. The van der Waals surface area contributed by atoms with Crippen LogP contribution in [0, 0.1) is 0 Å². The van der Waals surface area contributed by atoms with Crippen molar-refractivity contribution in [1.82, 2.24) is 4.98 Å². The Morgan fingerprint density at radius 2 is 2.20 bits per heavy atom. The van der Waals surface area contributed by atoms with Crippen molar-refractivity contribution in [3.8, 4) is 22.1 Å². The highest BCUT2D eigenvalue weighted by molar-refractivity contribution is 7.14. The highest BCUT2D eigenvalue weighted by Gasteiger charge is 2.07. The van der Waals surface area contributed by atoms with Crippen LogP contribution in [-0.4, -0.2) is 23.2 Å². The lowest BCUT2D eigenvalue weighted by Gasteiger charge is -2.03. The lowest BCUT2D eigenvalue weighted by atomic mass is 10.2. The normalized spacial score (nSPS) is 10.9. The zero-order valence-corrected chi connectivity index (χ0v) is 15.0. The predicted molar refractivity (Wildman–Crippen MR) is 98.9 cm³/mol. The Morgan fingerprint density at radius 1 is 1.32 bits per heavy atom. The molecule has 128 valence electrons. The summed E-state index contributed by atoms with van der Waals surface area (Å²) in [6.45, 7) is 0.128. The molecule has 2 aromatic heterocycles. The van der Waals surface area contributed by atoms with Gasteiger partial charge in [-0.05, 0) is 35.2 Å². The third-order valence-corrected chi connectivity index (χ3v) is 4.92. The van der Waals surface area contributed by atoms with Gasteiger partial charge < -0.3 is 14.6 Å². The van der Waals surface area contributed by atoms with E-state index >= 15 is 0 Å². The minimum Gasteiger partial charge on any atom is -0.504 e. The average molecular weight is 373 g/mol. The Bertz CT molecular complexity index is 884. The monoisotopic (exact) mass is 373 g/mol. The molecule has 1 aromatic carbocycles. The number of phenols is 1. The number of hydrogen-bond acceptors (Lipinski definition) is 7. The van der Waals surface area contributed by atoms with E-state index in [1.54, 1.807) is 29.5 Å². The fourth-order valence-electron chi connectivity index (χ4n) is 2.05. The molecule has 0 aliphatic carbocycles. The highest BCUT2D eigenvalue weighted by Crippen LogP contribution is 2.27. The summed E-state index contributed by atoms with van der Waals surface area (Å²) < 4.78 is 10.2. The van der Waals surface area contributed by atoms with Crippen LogP contribution in [0.25, 0.3) is 16.6 Å². The lowest BCUT2D eigenvalue weighted by Crippen LogP contribution is -2.00. The number of esters is 1. The Kier molecular flexibility index (Phi) is 5.47.